The molecule has 212 valence electrons. The van der Waals surface area contributed by atoms with Crippen molar-refractivity contribution >= 4 is 23.9 Å². The second kappa shape index (κ2) is 15.2. The normalized spacial score (nSPS) is 21.0. The Bertz CT molecular complexity index is 945. The smallest absolute Gasteiger partial charge is 0.359 e. The van der Waals surface area contributed by atoms with Crippen molar-refractivity contribution in [3.8, 4) is 5.75 Å². The van der Waals surface area contributed by atoms with Crippen molar-refractivity contribution in [2.75, 3.05) is 85.1 Å². The predicted octanol–water partition coefficient (Wildman–Crippen LogP) is -1.60. The summed E-state index contributed by atoms with van der Waals surface area (Å²) >= 11 is 0. The van der Waals surface area contributed by atoms with Gasteiger partial charge < -0.3 is 40.1 Å². The molecule has 1 aromatic rings. The van der Waals surface area contributed by atoms with Crippen molar-refractivity contribution in [3.63, 3.8) is 0 Å². The van der Waals surface area contributed by atoms with Gasteiger partial charge in [-0.3, -0.25) is 19.4 Å². The third-order valence-corrected chi connectivity index (χ3v) is 6.32. The highest BCUT2D eigenvalue weighted by Gasteiger charge is 2.34. The molecule has 1 heterocycles. The lowest BCUT2D eigenvalue weighted by atomic mass is 10.2. The van der Waals surface area contributed by atoms with Gasteiger partial charge in [0.15, 0.2) is 6.54 Å². The molecule has 1 aliphatic heterocycles. The molecule has 0 aliphatic carbocycles. The summed E-state index contributed by atoms with van der Waals surface area (Å²) < 4.78 is 5.56. The van der Waals surface area contributed by atoms with Crippen molar-refractivity contribution in [3.05, 3.63) is 29.8 Å². The van der Waals surface area contributed by atoms with Crippen LogP contribution in [0.3, 0.4) is 0 Å². The summed E-state index contributed by atoms with van der Waals surface area (Å²) in [6.45, 7) is 1.82. The number of nitrogens with one attached hydrogen (secondary N) is 1. The van der Waals surface area contributed by atoms with Crippen LogP contribution in [-0.2, 0) is 14.4 Å². The monoisotopic (exact) mass is 541 g/mol. The minimum atomic E-state index is -1.08. The summed E-state index contributed by atoms with van der Waals surface area (Å²) in [5.74, 6) is -3.82. The topological polar surface area (TPSA) is 197 Å². The van der Waals surface area contributed by atoms with Crippen LogP contribution in [0.25, 0.3) is 0 Å². The molecule has 14 heteroatoms. The average molecular weight is 542 g/mol. The number of hydrogen-bond donors (Lipinski definition) is 6. The summed E-state index contributed by atoms with van der Waals surface area (Å²) in [7, 11) is 0. The van der Waals surface area contributed by atoms with Crippen molar-refractivity contribution in [2.45, 2.75) is 6.10 Å². The Morgan fingerprint density at radius 1 is 0.842 bits per heavy atom. The third-order valence-electron chi connectivity index (χ3n) is 6.32. The molecule has 38 heavy (non-hydrogen) atoms. The van der Waals surface area contributed by atoms with E-state index in [-0.39, 0.29) is 62.5 Å². The molecule has 0 bridgehead atoms. The fourth-order valence-electron chi connectivity index (χ4n) is 4.43. The number of aliphatic hydroxyl groups excluding tert-OH is 1. The second-order valence-corrected chi connectivity index (χ2v) is 9.41. The molecular formula is C24H37N4O10+. The van der Waals surface area contributed by atoms with Gasteiger partial charge in [-0.2, -0.15) is 0 Å². The van der Waals surface area contributed by atoms with Crippen LogP contribution in [0, 0.1) is 0 Å². The molecule has 0 radical (unpaired) electrons. The molecule has 0 amide bonds. The summed E-state index contributed by atoms with van der Waals surface area (Å²) in [6, 6.07) is 5.68. The summed E-state index contributed by atoms with van der Waals surface area (Å²) in [4.78, 5) is 48.8. The highest BCUT2D eigenvalue weighted by atomic mass is 16.5. The van der Waals surface area contributed by atoms with E-state index in [2.05, 4.69) is 5.32 Å². The van der Waals surface area contributed by atoms with E-state index < -0.39 is 30.0 Å². The number of aliphatic carboxylic acids is 3. The van der Waals surface area contributed by atoms with E-state index >= 15 is 0 Å². The maximum absolute atomic E-state index is 11.8. The lowest BCUT2D eigenvalue weighted by Crippen LogP contribution is -2.61. The second-order valence-electron chi connectivity index (χ2n) is 9.41. The van der Waals surface area contributed by atoms with Crippen molar-refractivity contribution < 1.29 is 53.9 Å². The molecule has 1 aromatic carbocycles. The zero-order valence-corrected chi connectivity index (χ0v) is 21.2. The number of carboxylic acids is 4. The van der Waals surface area contributed by atoms with Crippen LogP contribution >= 0.6 is 0 Å². The molecule has 1 saturated heterocycles. The van der Waals surface area contributed by atoms with Gasteiger partial charge in [-0.25, -0.2) is 9.59 Å². The van der Waals surface area contributed by atoms with Crippen molar-refractivity contribution in [1.82, 2.24) is 15.1 Å². The van der Waals surface area contributed by atoms with Gasteiger partial charge in [0.2, 0.25) is 0 Å². The fraction of sp³-hybridized carbons (Fsp3) is 0.583. The predicted molar refractivity (Wildman–Crippen MR) is 133 cm³/mol. The lowest BCUT2D eigenvalue weighted by molar-refractivity contribution is -0.922. The average Bonchev–Trinajstić information content (AvgIpc) is 2.82. The molecule has 14 nitrogen and oxygen atoms in total. The quantitative estimate of drug-likeness (QED) is 0.166. The van der Waals surface area contributed by atoms with Gasteiger partial charge >= 0.3 is 23.9 Å². The van der Waals surface area contributed by atoms with Crippen LogP contribution in [0.15, 0.2) is 24.3 Å². The lowest BCUT2D eigenvalue weighted by Gasteiger charge is -2.40. The number of aromatic carboxylic acids is 1. The van der Waals surface area contributed by atoms with Gasteiger partial charge in [0, 0.05) is 39.3 Å². The molecule has 2 unspecified atom stereocenters. The number of nitrogens with zero attached hydrogens (tertiary/aromatic N) is 3. The molecule has 6 N–H and O–H groups in total. The molecule has 0 spiro atoms. The van der Waals surface area contributed by atoms with Gasteiger partial charge in [-0.15, -0.1) is 0 Å². The Hall–Kier alpha value is -3.30. The summed E-state index contributed by atoms with van der Waals surface area (Å²) in [5.41, 5.74) is 0.0905. The van der Waals surface area contributed by atoms with Gasteiger partial charge in [0.05, 0.1) is 31.7 Å². The number of rotatable bonds is 12. The van der Waals surface area contributed by atoms with Crippen LogP contribution in [-0.4, -0.2) is 155 Å². The molecule has 0 aromatic heterocycles. The highest BCUT2D eigenvalue weighted by Crippen LogP contribution is 2.15. The maximum Gasteiger partial charge on any atom is 0.359 e. The third kappa shape index (κ3) is 11.4. The molecule has 2 atom stereocenters. The minimum Gasteiger partial charge on any atom is -0.491 e. The van der Waals surface area contributed by atoms with Crippen LogP contribution in [0.1, 0.15) is 10.4 Å². The SMILES string of the molecule is O=C(O)CN1CCNCC[N+](CC(=O)O)(CC(O)COc2ccc(C(=O)O)cc2)CCN(CC(=O)O)CC1. The van der Waals surface area contributed by atoms with Crippen molar-refractivity contribution in [1.29, 1.82) is 0 Å². The van der Waals surface area contributed by atoms with E-state index in [0.29, 0.717) is 38.5 Å². The first-order valence-corrected chi connectivity index (χ1v) is 12.3. The number of benzene rings is 1. The number of aliphatic hydroxyl groups is 1. The molecule has 1 fully saturated rings. The number of ether oxygens (including phenoxy) is 1. The number of carboxylic acid groups (broad SMARTS) is 4. The van der Waals surface area contributed by atoms with E-state index in [1.165, 1.54) is 24.3 Å². The number of quaternary nitrogens is 1. The van der Waals surface area contributed by atoms with E-state index in [1.54, 1.807) is 9.80 Å². The fourth-order valence-corrected chi connectivity index (χ4v) is 4.43. The molecule has 1 aliphatic rings. The number of carbonyl (C=O) groups is 4. The molecule has 0 saturated carbocycles. The van der Waals surface area contributed by atoms with Crippen LogP contribution < -0.4 is 10.1 Å². The largest absolute Gasteiger partial charge is 0.491 e. The Morgan fingerprint density at radius 2 is 1.45 bits per heavy atom. The Kier molecular flexibility index (Phi) is 12.4. The maximum atomic E-state index is 11.8. The summed E-state index contributed by atoms with van der Waals surface area (Å²) in [6.07, 6.45) is -1.06. The first kappa shape index (κ1) is 30.9. The van der Waals surface area contributed by atoms with Gasteiger partial charge in [0.25, 0.3) is 0 Å². The van der Waals surface area contributed by atoms with E-state index in [4.69, 9.17) is 14.9 Å². The van der Waals surface area contributed by atoms with Crippen molar-refractivity contribution in [2.24, 2.45) is 0 Å². The van der Waals surface area contributed by atoms with E-state index in [0.717, 1.165) is 0 Å². The zero-order valence-electron chi connectivity index (χ0n) is 21.2. The standard InChI is InChI=1S/C24H36N4O10/c29-19(17-38-20-3-1-18(2-4-20)24(36)37)15-28(16-23(34)35)11-6-25-5-7-26(13-21(30)31)8-9-27(10-12-28)14-22(32)33/h1-4,19,25,29H,5-17H2,(H3-,30,31,32,33,34,35,36,37)/p+1. The molecule has 2 rings (SSSR count). The first-order valence-electron chi connectivity index (χ1n) is 12.3. The highest BCUT2D eigenvalue weighted by molar-refractivity contribution is 5.87. The Balaban J connectivity index is 2.14. The Labute approximate surface area is 220 Å². The van der Waals surface area contributed by atoms with Crippen LogP contribution in [0.2, 0.25) is 0 Å². The van der Waals surface area contributed by atoms with Gasteiger partial charge in [-0.05, 0) is 24.3 Å². The summed E-state index contributed by atoms with van der Waals surface area (Å²) in [5, 5.41) is 51.2. The van der Waals surface area contributed by atoms with Gasteiger partial charge in [-0.1, -0.05) is 0 Å². The number of hydrogen-bond acceptors (Lipinski definition) is 9. The first-order chi connectivity index (χ1) is 18.0. The van der Waals surface area contributed by atoms with Crippen LogP contribution in [0.4, 0.5) is 0 Å². The van der Waals surface area contributed by atoms with Crippen LogP contribution in [0.5, 0.6) is 5.75 Å². The molecular weight excluding hydrogens is 504 g/mol. The van der Waals surface area contributed by atoms with E-state index in [1.807, 2.05) is 0 Å². The zero-order chi connectivity index (χ0) is 28.1. The van der Waals surface area contributed by atoms with E-state index in [9.17, 15) is 34.5 Å². The minimum absolute atomic E-state index is 0.0280. The van der Waals surface area contributed by atoms with Gasteiger partial charge in [0.1, 0.15) is 25.0 Å². The Morgan fingerprint density at radius 3 is 2.00 bits per heavy atom.